The van der Waals surface area contributed by atoms with Crippen LogP contribution >= 0.6 is 0 Å². The molecular formula is C26H29O4. The average Bonchev–Trinajstić information content (AvgIpc) is 2.80. The van der Waals surface area contributed by atoms with Crippen molar-refractivity contribution in [1.82, 2.24) is 0 Å². The van der Waals surface area contributed by atoms with E-state index >= 15 is 0 Å². The Morgan fingerprint density at radius 1 is 0.733 bits per heavy atom. The molecule has 0 saturated carbocycles. The van der Waals surface area contributed by atoms with Crippen molar-refractivity contribution in [3.63, 3.8) is 0 Å². The summed E-state index contributed by atoms with van der Waals surface area (Å²) in [4.78, 5) is 26.5. The van der Waals surface area contributed by atoms with Gasteiger partial charge in [-0.05, 0) is 56.1 Å². The molecule has 157 valence electrons. The molecular weight excluding hydrogens is 376 g/mol. The zero-order valence-electron chi connectivity index (χ0n) is 17.3. The van der Waals surface area contributed by atoms with Crippen LogP contribution in [0.5, 0.6) is 0 Å². The standard InChI is InChI=1S/C26H29O4/c27-24(29-20-22-14-8-6-9-15-22)26(18-12-4-2-1-3-5-13-19-26)25(28)30-21-23-16-10-7-11-17-23/h4-12,14-17H,1-3,13,18-21H2/b12-4-. The van der Waals surface area contributed by atoms with Crippen LogP contribution in [0.2, 0.25) is 0 Å². The van der Waals surface area contributed by atoms with Gasteiger partial charge in [-0.3, -0.25) is 9.59 Å². The molecule has 3 rings (SSSR count). The molecule has 1 aliphatic carbocycles. The van der Waals surface area contributed by atoms with Gasteiger partial charge in [0.2, 0.25) is 0 Å². The van der Waals surface area contributed by atoms with E-state index in [1.54, 1.807) is 0 Å². The van der Waals surface area contributed by atoms with Crippen LogP contribution in [-0.2, 0) is 32.3 Å². The lowest BCUT2D eigenvalue weighted by molar-refractivity contribution is -0.174. The minimum atomic E-state index is -1.33. The maximum Gasteiger partial charge on any atom is 0.324 e. The van der Waals surface area contributed by atoms with Crippen LogP contribution in [-0.4, -0.2) is 11.9 Å². The maximum atomic E-state index is 13.2. The summed E-state index contributed by atoms with van der Waals surface area (Å²) in [7, 11) is 0. The number of ether oxygens (including phenoxy) is 2. The summed E-state index contributed by atoms with van der Waals surface area (Å²) < 4.78 is 11.2. The first-order valence-corrected chi connectivity index (χ1v) is 10.6. The van der Waals surface area contributed by atoms with Crippen molar-refractivity contribution in [2.45, 2.75) is 51.7 Å². The number of hydrogen-bond donors (Lipinski definition) is 0. The normalized spacial score (nSPS) is 17.5. The minimum Gasteiger partial charge on any atom is -0.460 e. The summed E-state index contributed by atoms with van der Waals surface area (Å²) in [5.74, 6) is -1.02. The number of benzene rings is 2. The van der Waals surface area contributed by atoms with Crippen LogP contribution in [0.15, 0.2) is 72.8 Å². The second-order valence-electron chi connectivity index (χ2n) is 7.64. The molecule has 1 radical (unpaired) electrons. The van der Waals surface area contributed by atoms with E-state index in [2.05, 4.69) is 6.42 Å². The molecule has 0 fully saturated rings. The summed E-state index contributed by atoms with van der Waals surface area (Å²) in [6, 6.07) is 19.0. The molecule has 0 atom stereocenters. The number of esters is 2. The molecule has 4 heteroatoms. The van der Waals surface area contributed by atoms with Gasteiger partial charge in [-0.15, -0.1) is 0 Å². The van der Waals surface area contributed by atoms with Crippen molar-refractivity contribution < 1.29 is 19.1 Å². The van der Waals surface area contributed by atoms with Crippen LogP contribution in [0.1, 0.15) is 49.7 Å². The van der Waals surface area contributed by atoms with E-state index < -0.39 is 17.4 Å². The second kappa shape index (κ2) is 11.3. The van der Waals surface area contributed by atoms with Gasteiger partial charge >= 0.3 is 11.9 Å². The highest BCUT2D eigenvalue weighted by Gasteiger charge is 2.47. The molecule has 0 spiro atoms. The predicted molar refractivity (Wildman–Crippen MR) is 116 cm³/mol. The summed E-state index contributed by atoms with van der Waals surface area (Å²) in [5, 5.41) is 0. The zero-order chi connectivity index (χ0) is 21.1. The topological polar surface area (TPSA) is 52.6 Å². The summed E-state index contributed by atoms with van der Waals surface area (Å²) in [6.07, 6.45) is 10.5. The summed E-state index contributed by atoms with van der Waals surface area (Å²) in [6.45, 7) is 0.279. The van der Waals surface area contributed by atoms with E-state index in [1.165, 1.54) is 0 Å². The lowest BCUT2D eigenvalue weighted by Crippen LogP contribution is -2.42. The van der Waals surface area contributed by atoms with Gasteiger partial charge in [0.1, 0.15) is 13.2 Å². The molecule has 0 bridgehead atoms. The van der Waals surface area contributed by atoms with Crippen molar-refractivity contribution in [2.75, 3.05) is 0 Å². The number of carbonyl (C=O) groups excluding carboxylic acids is 2. The Morgan fingerprint density at radius 2 is 1.30 bits per heavy atom. The van der Waals surface area contributed by atoms with Gasteiger partial charge in [0.05, 0.1) is 0 Å². The van der Waals surface area contributed by atoms with Crippen molar-refractivity contribution in [3.8, 4) is 0 Å². The van der Waals surface area contributed by atoms with Gasteiger partial charge in [0, 0.05) is 0 Å². The largest absolute Gasteiger partial charge is 0.460 e. The quantitative estimate of drug-likeness (QED) is 0.358. The molecule has 0 saturated heterocycles. The van der Waals surface area contributed by atoms with E-state index in [9.17, 15) is 9.59 Å². The SMILES string of the molecule is O=C(OCc1ccccc1)C1(C(=O)OCc2ccccc2)C/C=C\CCC[CH]CC1. The lowest BCUT2D eigenvalue weighted by atomic mass is 9.78. The van der Waals surface area contributed by atoms with Gasteiger partial charge in [0.15, 0.2) is 5.41 Å². The van der Waals surface area contributed by atoms with Crippen LogP contribution in [0, 0.1) is 11.8 Å². The van der Waals surface area contributed by atoms with Crippen molar-refractivity contribution >= 4 is 11.9 Å². The second-order valence-corrected chi connectivity index (χ2v) is 7.64. The van der Waals surface area contributed by atoms with Gasteiger partial charge in [0.25, 0.3) is 0 Å². The zero-order valence-corrected chi connectivity index (χ0v) is 17.3. The van der Waals surface area contributed by atoms with Crippen LogP contribution in [0.25, 0.3) is 0 Å². The first-order chi connectivity index (χ1) is 14.7. The third kappa shape index (κ3) is 6.06. The van der Waals surface area contributed by atoms with E-state index in [0.29, 0.717) is 19.3 Å². The smallest absolute Gasteiger partial charge is 0.324 e. The van der Waals surface area contributed by atoms with Crippen LogP contribution in [0.4, 0.5) is 0 Å². The highest BCUT2D eigenvalue weighted by molar-refractivity contribution is 6.00. The number of carbonyl (C=O) groups is 2. The highest BCUT2D eigenvalue weighted by Crippen LogP contribution is 2.35. The summed E-state index contributed by atoms with van der Waals surface area (Å²) in [5.41, 5.74) is 0.453. The molecule has 30 heavy (non-hydrogen) atoms. The molecule has 0 unspecified atom stereocenters. The molecule has 1 aliphatic rings. The number of allylic oxidation sites excluding steroid dienone is 2. The molecule has 0 heterocycles. The number of rotatable bonds is 6. The van der Waals surface area contributed by atoms with Crippen molar-refractivity contribution in [3.05, 3.63) is 90.4 Å². The van der Waals surface area contributed by atoms with Crippen LogP contribution < -0.4 is 0 Å². The van der Waals surface area contributed by atoms with E-state index in [4.69, 9.17) is 9.47 Å². The number of hydrogen-bond acceptors (Lipinski definition) is 4. The fraction of sp³-hybridized carbons (Fsp3) is 0.346. The van der Waals surface area contributed by atoms with Crippen molar-refractivity contribution in [1.29, 1.82) is 0 Å². The van der Waals surface area contributed by atoms with E-state index in [0.717, 1.165) is 30.4 Å². The molecule has 0 N–H and O–H groups in total. The van der Waals surface area contributed by atoms with Crippen LogP contribution in [0.3, 0.4) is 0 Å². The Labute approximate surface area is 178 Å². The Hall–Kier alpha value is -2.88. The Bertz CT molecular complexity index is 771. The molecule has 2 aromatic rings. The van der Waals surface area contributed by atoms with E-state index in [1.807, 2.05) is 72.8 Å². The highest BCUT2D eigenvalue weighted by atomic mass is 16.6. The lowest BCUT2D eigenvalue weighted by Gasteiger charge is -2.29. The van der Waals surface area contributed by atoms with Gasteiger partial charge in [-0.1, -0.05) is 72.8 Å². The maximum absolute atomic E-state index is 13.2. The van der Waals surface area contributed by atoms with Crippen molar-refractivity contribution in [2.24, 2.45) is 5.41 Å². The average molecular weight is 406 g/mol. The molecule has 0 aromatic heterocycles. The molecule has 4 nitrogen and oxygen atoms in total. The molecule has 0 amide bonds. The van der Waals surface area contributed by atoms with Gasteiger partial charge in [-0.25, -0.2) is 0 Å². The minimum absolute atomic E-state index is 0.140. The molecule has 0 aliphatic heterocycles. The van der Waals surface area contributed by atoms with E-state index in [-0.39, 0.29) is 13.2 Å². The fourth-order valence-corrected chi connectivity index (χ4v) is 3.55. The monoisotopic (exact) mass is 405 g/mol. The Morgan fingerprint density at radius 3 is 1.87 bits per heavy atom. The summed E-state index contributed by atoms with van der Waals surface area (Å²) >= 11 is 0. The first-order valence-electron chi connectivity index (χ1n) is 10.6. The van der Waals surface area contributed by atoms with Gasteiger partial charge in [-0.2, -0.15) is 0 Å². The third-order valence-corrected chi connectivity index (χ3v) is 5.39. The predicted octanol–water partition coefficient (Wildman–Crippen LogP) is 5.57. The Balaban J connectivity index is 1.77. The molecule has 2 aromatic carbocycles. The van der Waals surface area contributed by atoms with Gasteiger partial charge < -0.3 is 9.47 Å². The Kier molecular flexibility index (Phi) is 8.25. The fourth-order valence-electron chi connectivity index (χ4n) is 3.55. The first kappa shape index (κ1) is 21.8. The third-order valence-electron chi connectivity index (χ3n) is 5.39.